The summed E-state index contributed by atoms with van der Waals surface area (Å²) in [6.45, 7) is 0. The van der Waals surface area contributed by atoms with E-state index in [-0.39, 0.29) is 0 Å². The Morgan fingerprint density at radius 3 is 2.00 bits per heavy atom. The number of hydrogen-bond donors (Lipinski definition) is 2. The molecular formula is C2H3NO2S2. The third-order valence-corrected chi connectivity index (χ3v) is 1.15. The van der Waals surface area contributed by atoms with Crippen molar-refractivity contribution in [1.29, 1.82) is 0 Å². The molecule has 0 saturated heterocycles. The van der Waals surface area contributed by atoms with Crippen LogP contribution in [0.15, 0.2) is 0 Å². The molecule has 0 bridgehead atoms. The number of amides is 1. The van der Waals surface area contributed by atoms with Crippen LogP contribution >= 0.6 is 22.5 Å². The molecule has 0 aliphatic rings. The zero-order chi connectivity index (χ0) is 5.86. The van der Waals surface area contributed by atoms with Gasteiger partial charge in [-0.05, 0) is 10.8 Å². The Kier molecular flexibility index (Phi) is 2.86. The Bertz CT molecular complexity index is 102. The zero-order valence-corrected chi connectivity index (χ0v) is 4.96. The fourth-order valence-electron chi connectivity index (χ4n) is 0.0450. The molecule has 0 fully saturated rings. The average molecular weight is 137 g/mol. The maximum atomic E-state index is 9.92. The van der Waals surface area contributed by atoms with Crippen molar-refractivity contribution in [2.45, 2.75) is 0 Å². The van der Waals surface area contributed by atoms with E-state index in [1.165, 1.54) is 0 Å². The van der Waals surface area contributed by atoms with Crippen molar-refractivity contribution in [3.05, 3.63) is 0 Å². The molecule has 7 heavy (non-hydrogen) atoms. The highest BCUT2D eigenvalue weighted by Gasteiger charge is 2.04. The summed E-state index contributed by atoms with van der Waals surface area (Å²) in [4.78, 5) is 19.7. The number of primary amides is 1. The van der Waals surface area contributed by atoms with Gasteiger partial charge in [0.2, 0.25) is 0 Å². The lowest BCUT2D eigenvalue weighted by Gasteiger charge is -1.80. The van der Waals surface area contributed by atoms with Crippen molar-refractivity contribution in [3.8, 4) is 0 Å². The number of carbonyl (C=O) groups excluding carboxylic acids is 2. The van der Waals surface area contributed by atoms with Gasteiger partial charge in [-0.2, -0.15) is 0 Å². The van der Waals surface area contributed by atoms with E-state index in [0.717, 1.165) is 0 Å². The number of carbonyl (C=O) groups is 2. The molecule has 0 spiro atoms. The largest absolute Gasteiger partial charge is 0.362 e. The van der Waals surface area contributed by atoms with E-state index in [4.69, 9.17) is 0 Å². The van der Waals surface area contributed by atoms with Crippen LogP contribution in [0.2, 0.25) is 0 Å². The number of thiol groups is 1. The van der Waals surface area contributed by atoms with Crippen molar-refractivity contribution < 1.29 is 9.59 Å². The highest BCUT2D eigenvalue weighted by Crippen LogP contribution is 2.03. The Balaban J connectivity index is 3.58. The third-order valence-electron chi connectivity index (χ3n) is 0.284. The maximum Gasteiger partial charge on any atom is 0.296 e. The molecule has 0 saturated carbocycles. The van der Waals surface area contributed by atoms with Crippen LogP contribution in [-0.2, 0) is 9.59 Å². The summed E-state index contributed by atoms with van der Waals surface area (Å²) >= 11 is 3.42. The minimum atomic E-state index is -0.958. The molecular weight excluding hydrogens is 134 g/mol. The lowest BCUT2D eigenvalue weighted by atomic mass is 10.7. The summed E-state index contributed by atoms with van der Waals surface area (Å²) in [5.74, 6) is -0.958. The molecule has 0 radical (unpaired) electrons. The van der Waals surface area contributed by atoms with Crippen LogP contribution in [0.3, 0.4) is 0 Å². The van der Waals surface area contributed by atoms with Crippen LogP contribution in [0.25, 0.3) is 0 Å². The molecule has 0 aromatic rings. The molecule has 1 amide bonds. The van der Waals surface area contributed by atoms with Crippen molar-refractivity contribution in [2.24, 2.45) is 5.73 Å². The van der Waals surface area contributed by atoms with E-state index in [2.05, 4.69) is 17.4 Å². The molecule has 0 unspecified atom stereocenters. The van der Waals surface area contributed by atoms with Crippen LogP contribution < -0.4 is 5.73 Å². The SMILES string of the molecule is NC(=O)C(=O)SS. The monoisotopic (exact) mass is 137 g/mol. The molecule has 0 aromatic carbocycles. The van der Waals surface area contributed by atoms with Crippen LogP contribution in [-0.4, -0.2) is 11.0 Å². The fraction of sp³-hybridized carbons (Fsp3) is 0. The van der Waals surface area contributed by atoms with Crippen LogP contribution in [0, 0.1) is 0 Å². The van der Waals surface area contributed by atoms with Crippen LogP contribution in [0.5, 0.6) is 0 Å². The maximum absolute atomic E-state index is 9.92. The predicted octanol–water partition coefficient (Wildman–Crippen LogP) is -0.424. The summed E-state index contributed by atoms with van der Waals surface area (Å²) < 4.78 is 0. The Morgan fingerprint density at radius 2 is 2.00 bits per heavy atom. The van der Waals surface area contributed by atoms with Gasteiger partial charge in [0.25, 0.3) is 11.0 Å². The number of hydrogen-bond acceptors (Lipinski definition) is 4. The van der Waals surface area contributed by atoms with Crippen molar-refractivity contribution in [3.63, 3.8) is 0 Å². The molecule has 40 valence electrons. The summed E-state index contributed by atoms with van der Waals surface area (Å²) in [5, 5.41) is -0.733. The van der Waals surface area contributed by atoms with Gasteiger partial charge in [0.1, 0.15) is 0 Å². The first kappa shape index (κ1) is 6.84. The molecule has 5 heteroatoms. The van der Waals surface area contributed by atoms with Crippen LogP contribution in [0.4, 0.5) is 0 Å². The standard InChI is InChI=1S/C2H3NO2S2/c3-1(4)2(5)7-6/h6H,(H2,3,4). The zero-order valence-electron chi connectivity index (χ0n) is 3.25. The van der Waals surface area contributed by atoms with E-state index < -0.39 is 11.0 Å². The van der Waals surface area contributed by atoms with Gasteiger partial charge in [0.15, 0.2) is 0 Å². The second-order valence-electron chi connectivity index (χ2n) is 0.743. The predicted molar refractivity (Wildman–Crippen MR) is 30.8 cm³/mol. The second-order valence-corrected chi connectivity index (χ2v) is 1.84. The minimum Gasteiger partial charge on any atom is -0.362 e. The van der Waals surface area contributed by atoms with Crippen LogP contribution in [0.1, 0.15) is 0 Å². The van der Waals surface area contributed by atoms with Crippen molar-refractivity contribution >= 4 is 33.5 Å². The average Bonchev–Trinajstić information content (AvgIpc) is 1.65. The quantitative estimate of drug-likeness (QED) is 0.271. The molecule has 0 atom stereocenters. The second kappa shape index (κ2) is 2.92. The first-order valence-electron chi connectivity index (χ1n) is 1.33. The lowest BCUT2D eigenvalue weighted by Crippen LogP contribution is -2.18. The Hall–Kier alpha value is -0.160. The summed E-state index contributed by atoms with van der Waals surface area (Å²) in [7, 11) is 0.514. The number of rotatable bonds is 0. The van der Waals surface area contributed by atoms with Crippen molar-refractivity contribution in [1.82, 2.24) is 0 Å². The molecule has 0 aliphatic carbocycles. The van der Waals surface area contributed by atoms with E-state index in [1.54, 1.807) is 0 Å². The van der Waals surface area contributed by atoms with E-state index >= 15 is 0 Å². The highest BCUT2D eigenvalue weighted by molar-refractivity contribution is 8.75. The van der Waals surface area contributed by atoms with Gasteiger partial charge < -0.3 is 5.73 Å². The highest BCUT2D eigenvalue weighted by atomic mass is 33.1. The molecule has 3 nitrogen and oxygen atoms in total. The third kappa shape index (κ3) is 2.52. The van der Waals surface area contributed by atoms with Crippen molar-refractivity contribution in [2.75, 3.05) is 0 Å². The van der Waals surface area contributed by atoms with Gasteiger partial charge >= 0.3 is 0 Å². The summed E-state index contributed by atoms with van der Waals surface area (Å²) in [6, 6.07) is 0. The molecule has 0 rings (SSSR count). The van der Waals surface area contributed by atoms with E-state index in [9.17, 15) is 9.59 Å². The first-order valence-corrected chi connectivity index (χ1v) is 3.20. The van der Waals surface area contributed by atoms with Gasteiger partial charge in [0, 0.05) is 0 Å². The van der Waals surface area contributed by atoms with E-state index in [0.29, 0.717) is 10.8 Å². The molecule has 0 heterocycles. The first-order chi connectivity index (χ1) is 3.18. The Morgan fingerprint density at radius 1 is 1.57 bits per heavy atom. The van der Waals surface area contributed by atoms with Gasteiger partial charge in [0.05, 0.1) is 0 Å². The van der Waals surface area contributed by atoms with Gasteiger partial charge in [-0.1, -0.05) is 0 Å². The fourth-order valence-corrected chi connectivity index (χ4v) is 0.405. The summed E-state index contributed by atoms with van der Waals surface area (Å²) in [5.41, 5.74) is 4.49. The molecule has 2 N–H and O–H groups in total. The van der Waals surface area contributed by atoms with Gasteiger partial charge in [-0.15, -0.1) is 11.7 Å². The number of nitrogens with two attached hydrogens (primary N) is 1. The van der Waals surface area contributed by atoms with Gasteiger partial charge in [-0.25, -0.2) is 0 Å². The minimum absolute atomic E-state index is 0.514. The lowest BCUT2D eigenvalue weighted by molar-refractivity contribution is -0.130. The topological polar surface area (TPSA) is 60.2 Å². The smallest absolute Gasteiger partial charge is 0.296 e. The molecule has 0 aliphatic heterocycles. The summed E-state index contributed by atoms with van der Waals surface area (Å²) in [6.07, 6.45) is 0. The molecule has 0 aromatic heterocycles. The van der Waals surface area contributed by atoms with E-state index in [1.807, 2.05) is 0 Å². The van der Waals surface area contributed by atoms with Gasteiger partial charge in [-0.3, -0.25) is 9.59 Å². The normalized spacial score (nSPS) is 8.14. The Labute approximate surface area is 49.4 Å².